The number of anilines is 1. The van der Waals surface area contributed by atoms with E-state index in [1.807, 2.05) is 7.05 Å². The fraction of sp³-hybridized carbons (Fsp3) is 0.667. The lowest BCUT2D eigenvalue weighted by molar-refractivity contribution is 0.640. The van der Waals surface area contributed by atoms with Crippen LogP contribution >= 0.6 is 11.8 Å². The maximum absolute atomic E-state index is 4.81. The zero-order valence-corrected chi connectivity index (χ0v) is 13.3. The molecule has 4 heteroatoms. The summed E-state index contributed by atoms with van der Waals surface area (Å²) in [5, 5.41) is 3.23. The highest BCUT2D eigenvalue weighted by Gasteiger charge is 2.27. The highest BCUT2D eigenvalue weighted by molar-refractivity contribution is 8.00. The molecule has 0 saturated carbocycles. The molecule has 0 unspecified atom stereocenters. The van der Waals surface area contributed by atoms with Gasteiger partial charge in [-0.05, 0) is 45.0 Å². The Kier molecular flexibility index (Phi) is 4.74. The Hall–Kier alpha value is -0.740. The van der Waals surface area contributed by atoms with Crippen LogP contribution in [0, 0.1) is 0 Å². The van der Waals surface area contributed by atoms with Gasteiger partial charge in [0.2, 0.25) is 0 Å². The van der Waals surface area contributed by atoms with Gasteiger partial charge >= 0.3 is 0 Å². The summed E-state index contributed by atoms with van der Waals surface area (Å²) in [7, 11) is 1.99. The average Bonchev–Trinajstić information content (AvgIpc) is 2.37. The predicted octanol–water partition coefficient (Wildman–Crippen LogP) is 2.70. The lowest BCUT2D eigenvalue weighted by Gasteiger charge is -2.38. The Morgan fingerprint density at radius 3 is 2.84 bits per heavy atom. The van der Waals surface area contributed by atoms with Crippen molar-refractivity contribution in [2.75, 3.05) is 30.8 Å². The average molecular weight is 279 g/mol. The van der Waals surface area contributed by atoms with E-state index in [0.29, 0.717) is 4.75 Å². The highest BCUT2D eigenvalue weighted by atomic mass is 32.2. The molecule has 1 fully saturated rings. The summed E-state index contributed by atoms with van der Waals surface area (Å²) >= 11 is 2.06. The molecule has 1 aliphatic heterocycles. The number of aromatic nitrogens is 1. The Bertz CT molecular complexity index is 431. The third-order valence-corrected chi connectivity index (χ3v) is 4.71. The zero-order valence-electron chi connectivity index (χ0n) is 12.5. The fourth-order valence-electron chi connectivity index (χ4n) is 2.49. The largest absolute Gasteiger partial charge is 0.354 e. The monoisotopic (exact) mass is 279 g/mol. The van der Waals surface area contributed by atoms with Crippen LogP contribution in [-0.2, 0) is 13.0 Å². The van der Waals surface area contributed by atoms with Crippen molar-refractivity contribution in [2.45, 2.75) is 38.5 Å². The minimum Gasteiger partial charge on any atom is -0.354 e. The second-order valence-corrected chi connectivity index (χ2v) is 7.54. The van der Waals surface area contributed by atoms with E-state index in [9.17, 15) is 0 Å². The molecule has 0 atom stereocenters. The molecule has 106 valence electrons. The Labute approximate surface area is 121 Å². The molecule has 0 aliphatic carbocycles. The van der Waals surface area contributed by atoms with E-state index in [1.165, 1.54) is 17.0 Å². The lowest BCUT2D eigenvalue weighted by atomic mass is 10.1. The fourth-order valence-corrected chi connectivity index (χ4v) is 3.61. The van der Waals surface area contributed by atoms with Crippen molar-refractivity contribution in [3.63, 3.8) is 0 Å². The van der Waals surface area contributed by atoms with Gasteiger partial charge in [-0.3, -0.25) is 0 Å². The first-order chi connectivity index (χ1) is 9.04. The molecule has 1 N–H and O–H groups in total. The van der Waals surface area contributed by atoms with Crippen molar-refractivity contribution in [1.29, 1.82) is 0 Å². The molecular weight excluding hydrogens is 254 g/mol. The van der Waals surface area contributed by atoms with Crippen molar-refractivity contribution in [3.05, 3.63) is 23.4 Å². The van der Waals surface area contributed by atoms with Crippen LogP contribution in [0.3, 0.4) is 0 Å². The van der Waals surface area contributed by atoms with Crippen molar-refractivity contribution >= 4 is 17.6 Å². The summed E-state index contributed by atoms with van der Waals surface area (Å²) < 4.78 is 0.325. The molecule has 1 aliphatic rings. The van der Waals surface area contributed by atoms with Gasteiger partial charge in [0.1, 0.15) is 5.82 Å². The van der Waals surface area contributed by atoms with Crippen LogP contribution in [0.15, 0.2) is 12.1 Å². The summed E-state index contributed by atoms with van der Waals surface area (Å²) in [5.74, 6) is 2.34. The number of nitrogens with one attached hydrogen (secondary N) is 1. The minimum atomic E-state index is 0.325. The van der Waals surface area contributed by atoms with Gasteiger partial charge in [-0.25, -0.2) is 4.98 Å². The van der Waals surface area contributed by atoms with E-state index >= 15 is 0 Å². The van der Waals surface area contributed by atoms with E-state index < -0.39 is 0 Å². The maximum Gasteiger partial charge on any atom is 0.129 e. The summed E-state index contributed by atoms with van der Waals surface area (Å²) in [6, 6.07) is 4.45. The van der Waals surface area contributed by atoms with Gasteiger partial charge in [0, 0.05) is 35.8 Å². The number of nitrogens with zero attached hydrogens (tertiary/aromatic N) is 2. The standard InChI is InChI=1S/C15H25N3S/c1-5-13-8-12(10-16-4)9-14(17-13)18-6-7-19-15(2,3)11-18/h8-9,16H,5-7,10-11H2,1-4H3. The molecule has 2 rings (SSSR count). The Morgan fingerprint density at radius 2 is 2.21 bits per heavy atom. The first kappa shape index (κ1) is 14.7. The molecule has 0 spiro atoms. The van der Waals surface area contributed by atoms with E-state index in [4.69, 9.17) is 4.98 Å². The smallest absolute Gasteiger partial charge is 0.129 e. The number of rotatable bonds is 4. The summed E-state index contributed by atoms with van der Waals surface area (Å²) in [6.45, 7) is 9.91. The van der Waals surface area contributed by atoms with Crippen LogP contribution in [0.4, 0.5) is 5.82 Å². The van der Waals surface area contributed by atoms with Crippen LogP contribution < -0.4 is 10.2 Å². The second-order valence-electron chi connectivity index (χ2n) is 5.74. The first-order valence-corrected chi connectivity index (χ1v) is 8.06. The molecule has 1 aromatic heterocycles. The second kappa shape index (κ2) is 6.14. The van der Waals surface area contributed by atoms with Gasteiger partial charge in [-0.1, -0.05) is 6.92 Å². The van der Waals surface area contributed by atoms with E-state index in [2.05, 4.69) is 54.9 Å². The third kappa shape index (κ3) is 3.86. The summed E-state index contributed by atoms with van der Waals surface area (Å²) in [4.78, 5) is 7.25. The minimum absolute atomic E-state index is 0.325. The highest BCUT2D eigenvalue weighted by Crippen LogP contribution is 2.31. The molecular formula is C15H25N3S. The van der Waals surface area contributed by atoms with Crippen molar-refractivity contribution in [1.82, 2.24) is 10.3 Å². The molecule has 0 bridgehead atoms. The topological polar surface area (TPSA) is 28.2 Å². The van der Waals surface area contributed by atoms with Crippen molar-refractivity contribution in [2.24, 2.45) is 0 Å². The number of hydrogen-bond donors (Lipinski definition) is 1. The molecule has 3 nitrogen and oxygen atoms in total. The normalized spacial score (nSPS) is 18.6. The van der Waals surface area contributed by atoms with Gasteiger partial charge in [0.05, 0.1) is 0 Å². The van der Waals surface area contributed by atoms with E-state index in [1.54, 1.807) is 0 Å². The molecule has 0 aromatic carbocycles. The molecule has 0 radical (unpaired) electrons. The zero-order chi connectivity index (χ0) is 13.9. The predicted molar refractivity (Wildman–Crippen MR) is 85.1 cm³/mol. The molecule has 19 heavy (non-hydrogen) atoms. The number of thioether (sulfide) groups is 1. The number of aryl methyl sites for hydroxylation is 1. The summed E-state index contributed by atoms with van der Waals surface area (Å²) in [6.07, 6.45) is 0.997. The Balaban J connectivity index is 2.25. The Morgan fingerprint density at radius 1 is 1.42 bits per heavy atom. The van der Waals surface area contributed by atoms with E-state index in [-0.39, 0.29) is 0 Å². The number of pyridine rings is 1. The van der Waals surface area contributed by atoms with Gasteiger partial charge in [0.25, 0.3) is 0 Å². The van der Waals surface area contributed by atoms with Crippen LogP contribution in [-0.4, -0.2) is 35.6 Å². The van der Waals surface area contributed by atoms with E-state index in [0.717, 1.165) is 31.9 Å². The molecule has 1 aromatic rings. The van der Waals surface area contributed by atoms with Crippen LogP contribution in [0.5, 0.6) is 0 Å². The molecule has 0 amide bonds. The van der Waals surface area contributed by atoms with Gasteiger partial charge in [-0.15, -0.1) is 0 Å². The quantitative estimate of drug-likeness (QED) is 0.917. The molecule has 2 heterocycles. The SMILES string of the molecule is CCc1cc(CNC)cc(N2CCSC(C)(C)C2)n1. The van der Waals surface area contributed by atoms with Crippen molar-refractivity contribution in [3.8, 4) is 0 Å². The molecule has 1 saturated heterocycles. The van der Waals surface area contributed by atoms with Gasteiger partial charge in [0.15, 0.2) is 0 Å². The number of hydrogen-bond acceptors (Lipinski definition) is 4. The van der Waals surface area contributed by atoms with Crippen LogP contribution in [0.1, 0.15) is 32.0 Å². The van der Waals surface area contributed by atoms with Crippen LogP contribution in [0.25, 0.3) is 0 Å². The first-order valence-electron chi connectivity index (χ1n) is 7.07. The van der Waals surface area contributed by atoms with Gasteiger partial charge < -0.3 is 10.2 Å². The van der Waals surface area contributed by atoms with Gasteiger partial charge in [-0.2, -0.15) is 11.8 Å². The third-order valence-electron chi connectivity index (χ3n) is 3.42. The van der Waals surface area contributed by atoms with Crippen LogP contribution in [0.2, 0.25) is 0 Å². The maximum atomic E-state index is 4.81. The summed E-state index contributed by atoms with van der Waals surface area (Å²) in [5.41, 5.74) is 2.53. The lowest BCUT2D eigenvalue weighted by Crippen LogP contribution is -2.43. The van der Waals surface area contributed by atoms with Crippen molar-refractivity contribution < 1.29 is 0 Å².